The number of phenolic OH excluding ortho intramolecular Hbond substituents is 1. The second kappa shape index (κ2) is 19.8. The number of nitrogens with zero attached hydrogens (tertiary/aromatic N) is 2. The molecule has 6 aromatic carbocycles. The van der Waals surface area contributed by atoms with Crippen molar-refractivity contribution in [1.82, 2.24) is 21.3 Å². The van der Waals surface area contributed by atoms with E-state index in [1.54, 1.807) is 13.8 Å². The molecule has 0 atom stereocenters. The van der Waals surface area contributed by atoms with Gasteiger partial charge in [0.05, 0.1) is 21.2 Å². The Morgan fingerprint density at radius 1 is 0.567 bits per heavy atom. The van der Waals surface area contributed by atoms with Crippen molar-refractivity contribution in [3.8, 4) is 5.75 Å². The zero-order valence-corrected chi connectivity index (χ0v) is 38.7. The maximum Gasteiger partial charge on any atom is 0.264 e. The van der Waals surface area contributed by atoms with Gasteiger partial charge in [-0.05, 0) is 98.8 Å². The maximum atomic E-state index is 14.9. The molecule has 0 aliphatic heterocycles. The normalized spacial score (nSPS) is 11.5. The number of nitrogens with one attached hydrogen (secondary N) is 4. The lowest BCUT2D eigenvalue weighted by Gasteiger charge is -2.25. The van der Waals surface area contributed by atoms with Crippen LogP contribution in [0.1, 0.15) is 57.8 Å². The number of carbonyl (C=O) groups excluding carboxylic acids is 6. The Hall–Kier alpha value is -7.64. The summed E-state index contributed by atoms with van der Waals surface area (Å²) in [6, 6.07) is 19.2. The molecule has 348 valence electrons. The van der Waals surface area contributed by atoms with Gasteiger partial charge in [0.1, 0.15) is 5.75 Å². The fourth-order valence-corrected chi connectivity index (χ4v) is 10.2. The van der Waals surface area contributed by atoms with Crippen molar-refractivity contribution in [2.45, 2.75) is 36.5 Å². The van der Waals surface area contributed by atoms with Crippen LogP contribution in [0.2, 0.25) is 0 Å². The highest BCUT2D eigenvalue weighted by Gasteiger charge is 2.33. The van der Waals surface area contributed by atoms with E-state index in [9.17, 15) is 50.7 Å². The number of carbonyl (C=O) groups is 6. The van der Waals surface area contributed by atoms with Gasteiger partial charge in [0.2, 0.25) is 17.6 Å². The molecule has 0 radical (unpaired) electrons. The number of amides is 4. The molecule has 6 aromatic rings. The highest BCUT2D eigenvalue weighted by molar-refractivity contribution is 7.94. The summed E-state index contributed by atoms with van der Waals surface area (Å²) in [5.74, 6) is -2.86. The van der Waals surface area contributed by atoms with Crippen molar-refractivity contribution in [2.75, 3.05) is 48.9 Å². The van der Waals surface area contributed by atoms with Crippen molar-refractivity contribution in [3.63, 3.8) is 0 Å². The van der Waals surface area contributed by atoms with Gasteiger partial charge in [-0.15, -0.1) is 0 Å². The summed E-state index contributed by atoms with van der Waals surface area (Å²) in [7, 11) is -6.84. The number of anilines is 2. The van der Waals surface area contributed by atoms with Crippen LogP contribution < -0.4 is 29.9 Å². The molecule has 0 fully saturated rings. The van der Waals surface area contributed by atoms with Crippen molar-refractivity contribution in [2.24, 2.45) is 0 Å². The molecule has 5 N–H and O–H groups in total. The van der Waals surface area contributed by atoms with E-state index in [0.29, 0.717) is 37.1 Å². The maximum absolute atomic E-state index is 14.9. The van der Waals surface area contributed by atoms with E-state index in [4.69, 9.17) is 0 Å². The number of hydrogen-bond donors (Lipinski definition) is 5. The topological polar surface area (TPSA) is 246 Å². The van der Waals surface area contributed by atoms with Crippen molar-refractivity contribution >= 4 is 99.4 Å². The summed E-state index contributed by atoms with van der Waals surface area (Å²) in [6.07, 6.45) is 0.959. The fourth-order valence-electron chi connectivity index (χ4n) is 7.31. The SMILES string of the molecule is C=C(C)C(=O)NCCCNC(=O)c1ccc(N(C)S(=O)(=O)c2cc(S(=O)(=O)N(C)c3ccc(C(=O)NCCCNC(=O)C(=C)C)cc3)c3ccc4c(C(=O)C=O)cc(O)c5ccc2c3c54)cc1. The minimum absolute atomic E-state index is 0.0423. The zero-order chi connectivity index (χ0) is 49.0. The summed E-state index contributed by atoms with van der Waals surface area (Å²) in [4.78, 5) is 72.9. The third-order valence-electron chi connectivity index (χ3n) is 11.1. The molecule has 0 unspecified atom stereocenters. The molecular weight excluding hydrogens is 901 g/mol. The lowest BCUT2D eigenvalue weighted by atomic mass is 9.90. The molecule has 0 bridgehead atoms. The van der Waals surface area contributed by atoms with Gasteiger partial charge in [0, 0.05) is 95.0 Å². The van der Waals surface area contributed by atoms with E-state index in [1.807, 2.05) is 0 Å². The minimum atomic E-state index is -4.68. The molecule has 0 spiro atoms. The quantitative estimate of drug-likeness (QED) is 0.0171. The predicted octanol–water partition coefficient (Wildman–Crippen LogP) is 4.95. The fraction of sp³-hybridized carbons (Fsp3) is 0.208. The largest absolute Gasteiger partial charge is 0.507 e. The van der Waals surface area contributed by atoms with Crippen LogP contribution in [0.4, 0.5) is 11.4 Å². The van der Waals surface area contributed by atoms with Crippen LogP contribution in [0.25, 0.3) is 32.3 Å². The van der Waals surface area contributed by atoms with Gasteiger partial charge in [-0.25, -0.2) is 16.8 Å². The van der Waals surface area contributed by atoms with Gasteiger partial charge >= 0.3 is 0 Å². The molecule has 6 rings (SSSR count). The Balaban J connectivity index is 1.37. The number of aromatic hydroxyl groups is 1. The smallest absolute Gasteiger partial charge is 0.264 e. The summed E-state index contributed by atoms with van der Waals surface area (Å²) in [5.41, 5.74) is 1.19. The molecule has 67 heavy (non-hydrogen) atoms. The monoisotopic (exact) mass is 948 g/mol. The van der Waals surface area contributed by atoms with E-state index in [0.717, 1.165) is 20.7 Å². The Labute approximate surface area is 386 Å². The molecular formula is C48H48N6O11S2. The van der Waals surface area contributed by atoms with Crippen molar-refractivity contribution < 1.29 is 50.7 Å². The molecule has 19 heteroatoms. The third kappa shape index (κ3) is 9.97. The van der Waals surface area contributed by atoms with Crippen molar-refractivity contribution in [1.29, 1.82) is 0 Å². The standard InChI is InChI=1S/C48H48N6O11S2/c1-28(2)45(58)49-21-7-23-51-47(60)30-9-13-32(14-10-30)53(5)66(62,63)41-26-42(37-20-18-35-39(56)25-38(40(57)27-55)34-17-19-36(41)44(37)43(34)35)67(64,65)54(6)33-15-11-31(12-16-33)48(61)52-24-8-22-50-46(59)29(3)4/h9-20,25-27,56H,1,3,7-8,21-24H2,2,4-6H3,(H,49,58)(H,50,59)(H,51,60)(H,52,61). The van der Waals surface area contributed by atoms with Crippen LogP contribution in [0, 0.1) is 0 Å². The summed E-state index contributed by atoms with van der Waals surface area (Å²) in [5, 5.41) is 22.6. The number of ketones is 1. The average Bonchev–Trinajstić information content (AvgIpc) is 3.31. The highest BCUT2D eigenvalue weighted by atomic mass is 32.2. The Morgan fingerprint density at radius 2 is 0.940 bits per heavy atom. The molecule has 17 nitrogen and oxygen atoms in total. The molecule has 0 aliphatic rings. The van der Waals surface area contributed by atoms with Gasteiger partial charge in [-0.2, -0.15) is 0 Å². The van der Waals surface area contributed by atoms with Crippen LogP contribution >= 0.6 is 0 Å². The Kier molecular flexibility index (Phi) is 14.5. The first kappa shape index (κ1) is 48.8. The lowest BCUT2D eigenvalue weighted by Crippen LogP contribution is -2.30. The van der Waals surface area contributed by atoms with Crippen LogP contribution in [-0.4, -0.2) is 97.9 Å². The number of sulfonamides is 2. The summed E-state index contributed by atoms with van der Waals surface area (Å²) >= 11 is 0. The molecule has 0 heterocycles. The van der Waals surface area contributed by atoms with E-state index < -0.39 is 53.2 Å². The van der Waals surface area contributed by atoms with Gasteiger partial charge in [-0.3, -0.25) is 37.4 Å². The van der Waals surface area contributed by atoms with Crippen LogP contribution in [0.5, 0.6) is 5.75 Å². The number of rotatable bonds is 20. The van der Waals surface area contributed by atoms with Crippen LogP contribution in [0.15, 0.2) is 119 Å². The van der Waals surface area contributed by atoms with Crippen LogP contribution in [-0.2, 0) is 34.4 Å². The van der Waals surface area contributed by atoms with Gasteiger partial charge < -0.3 is 26.4 Å². The first-order valence-electron chi connectivity index (χ1n) is 20.8. The Morgan fingerprint density at radius 3 is 1.34 bits per heavy atom. The molecule has 0 aliphatic carbocycles. The number of benzene rings is 6. The summed E-state index contributed by atoms with van der Waals surface area (Å²) < 4.78 is 61.3. The van der Waals surface area contributed by atoms with Gasteiger partial charge in [0.15, 0.2) is 6.29 Å². The third-order valence-corrected chi connectivity index (χ3v) is 14.7. The number of Topliss-reactive ketones (excluding diaryl/α,β-unsaturated/α-hetero) is 1. The number of hydrogen-bond acceptors (Lipinski definition) is 11. The summed E-state index contributed by atoms with van der Waals surface area (Å²) in [6.45, 7) is 11.4. The molecule has 4 amide bonds. The van der Waals surface area contributed by atoms with E-state index >= 15 is 0 Å². The second-order valence-corrected chi connectivity index (χ2v) is 19.6. The number of phenols is 1. The number of aldehydes is 1. The zero-order valence-electron chi connectivity index (χ0n) is 37.1. The first-order chi connectivity index (χ1) is 31.7. The van der Waals surface area contributed by atoms with E-state index in [2.05, 4.69) is 34.4 Å². The molecule has 0 saturated carbocycles. The predicted molar refractivity (Wildman–Crippen MR) is 256 cm³/mol. The second-order valence-electron chi connectivity index (χ2n) is 15.7. The molecule has 0 saturated heterocycles. The van der Waals surface area contributed by atoms with Crippen LogP contribution in [0.3, 0.4) is 0 Å². The highest BCUT2D eigenvalue weighted by Crippen LogP contribution is 2.45. The Bertz CT molecular complexity index is 3080. The minimum Gasteiger partial charge on any atom is -0.507 e. The van der Waals surface area contributed by atoms with Gasteiger partial charge in [-0.1, -0.05) is 31.4 Å². The van der Waals surface area contributed by atoms with Crippen molar-refractivity contribution in [3.05, 3.63) is 126 Å². The first-order valence-corrected chi connectivity index (χ1v) is 23.7. The van der Waals surface area contributed by atoms with E-state index in [-0.39, 0.29) is 91.6 Å². The lowest BCUT2D eigenvalue weighted by molar-refractivity contribution is -0.118. The van der Waals surface area contributed by atoms with Gasteiger partial charge in [0.25, 0.3) is 31.9 Å². The average molecular weight is 949 g/mol. The molecule has 0 aromatic heterocycles. The van der Waals surface area contributed by atoms with E-state index in [1.165, 1.54) is 86.9 Å².